The predicted octanol–water partition coefficient (Wildman–Crippen LogP) is 15.5. The molecule has 1 aliphatic heterocycles. The summed E-state index contributed by atoms with van der Waals surface area (Å²) in [5.74, 6) is 2.03. The normalized spacial score (nSPS) is 13.0. The zero-order chi connectivity index (χ0) is 45.3. The van der Waals surface area contributed by atoms with E-state index in [1.807, 2.05) is 12.3 Å². The van der Waals surface area contributed by atoms with E-state index >= 15 is 0 Å². The van der Waals surface area contributed by atoms with Crippen LogP contribution in [-0.2, 0) is 37.3 Å². The van der Waals surface area contributed by atoms with Gasteiger partial charge in [-0.3, -0.25) is 0 Å². The van der Waals surface area contributed by atoms with Crippen molar-refractivity contribution in [2.75, 3.05) is 9.80 Å². The number of benzene rings is 7. The first-order valence-electron chi connectivity index (χ1n) is 22.6. The number of anilines is 4. The third-order valence-electron chi connectivity index (χ3n) is 13.6. The number of hydrogen-bond donors (Lipinski definition) is 0. The van der Waals surface area contributed by atoms with Crippen molar-refractivity contribution < 1.29 is 25.8 Å². The Morgan fingerprint density at radius 1 is 0.515 bits per heavy atom. The third-order valence-corrected chi connectivity index (χ3v) is 13.6. The molecule has 334 valence electrons. The van der Waals surface area contributed by atoms with Crippen LogP contribution in [0.5, 0.6) is 11.5 Å². The fourth-order valence-electron chi connectivity index (χ4n) is 9.27. The van der Waals surface area contributed by atoms with Crippen LogP contribution >= 0.6 is 0 Å². The maximum Gasteiger partial charge on any atom is 0.135 e. The molecule has 0 saturated carbocycles. The summed E-state index contributed by atoms with van der Waals surface area (Å²) < 4.78 is 9.20. The molecule has 0 bridgehead atoms. The van der Waals surface area contributed by atoms with Gasteiger partial charge in [-0.1, -0.05) is 145 Å². The summed E-state index contributed by atoms with van der Waals surface area (Å²) >= 11 is 0. The van der Waals surface area contributed by atoms with Crippen LogP contribution in [0.15, 0.2) is 164 Å². The fraction of sp³-hybridized carbons (Fsp3) is 0.200. The molecule has 0 spiro atoms. The summed E-state index contributed by atoms with van der Waals surface area (Å²) in [4.78, 5) is 9.56. The third kappa shape index (κ3) is 8.02. The zero-order valence-corrected chi connectivity index (χ0v) is 41.5. The maximum atomic E-state index is 6.98. The molecule has 2 aromatic heterocycles. The molecule has 9 aromatic rings. The second-order valence-electron chi connectivity index (χ2n) is 19.6. The van der Waals surface area contributed by atoms with Gasteiger partial charge in [-0.2, -0.15) is 6.07 Å². The second kappa shape index (κ2) is 17.1. The maximum absolute atomic E-state index is 6.98. The van der Waals surface area contributed by atoms with Crippen LogP contribution in [0, 0.1) is 32.6 Å². The van der Waals surface area contributed by atoms with Crippen molar-refractivity contribution in [1.29, 1.82) is 0 Å². The molecule has 5 nitrogen and oxygen atoms in total. The Kier molecular flexibility index (Phi) is 11.6. The van der Waals surface area contributed by atoms with Gasteiger partial charge in [0.1, 0.15) is 5.82 Å². The summed E-state index contributed by atoms with van der Waals surface area (Å²) in [5, 5.41) is 2.21. The van der Waals surface area contributed by atoms with E-state index in [1.165, 1.54) is 33.4 Å². The minimum absolute atomic E-state index is 0. The van der Waals surface area contributed by atoms with E-state index < -0.39 is 0 Å². The molecule has 0 aliphatic carbocycles. The monoisotopic (exact) mass is 1040 g/mol. The largest absolute Gasteiger partial charge is 0.509 e. The van der Waals surface area contributed by atoms with Crippen molar-refractivity contribution in [2.24, 2.45) is 0 Å². The zero-order valence-electron chi connectivity index (χ0n) is 39.2. The smallest absolute Gasteiger partial charge is 0.135 e. The number of pyridine rings is 1. The van der Waals surface area contributed by atoms with E-state index in [2.05, 4.69) is 247 Å². The number of nitrogens with zero attached hydrogens (tertiary/aromatic N) is 4. The SMILES string of the molecule is Cc1cc2c(cc1C)N(c1cccc(C(C)(C)C)c1)[CH-]N2c1[c-]c(Oc2[c-]c3c(cc2)c2ccccc2n3-c2cc(C(C)(C)c3ccccc3)ccn2)cc(C(C)(C)c2ccccc2)c1.[Pt]. The molecule has 10 rings (SSSR count). The quantitative estimate of drug-likeness (QED) is 0.135. The number of fused-ring (bicyclic) bond motifs is 4. The average Bonchev–Trinajstić information content (AvgIpc) is 3.84. The second-order valence-corrected chi connectivity index (χ2v) is 19.6. The number of aryl methyl sites for hydroxylation is 2. The van der Waals surface area contributed by atoms with Gasteiger partial charge in [0.05, 0.1) is 0 Å². The van der Waals surface area contributed by atoms with E-state index in [0.29, 0.717) is 11.5 Å². The van der Waals surface area contributed by atoms with Gasteiger partial charge < -0.3 is 19.1 Å². The molecule has 1 aliphatic rings. The molecule has 66 heavy (non-hydrogen) atoms. The van der Waals surface area contributed by atoms with Gasteiger partial charge in [0.15, 0.2) is 0 Å². The van der Waals surface area contributed by atoms with Gasteiger partial charge in [-0.25, -0.2) is 4.98 Å². The van der Waals surface area contributed by atoms with Crippen LogP contribution in [0.1, 0.15) is 87.4 Å². The molecule has 7 aromatic carbocycles. The molecular formula is C60H55N4OPt-3. The van der Waals surface area contributed by atoms with Gasteiger partial charge in [-0.05, 0) is 106 Å². The number of rotatable bonds is 9. The minimum atomic E-state index is -0.361. The van der Waals surface area contributed by atoms with E-state index in [9.17, 15) is 0 Å². The number of ether oxygens (including phenoxy) is 1. The van der Waals surface area contributed by atoms with Crippen molar-refractivity contribution in [3.05, 3.63) is 222 Å². The number of para-hydroxylation sites is 1. The van der Waals surface area contributed by atoms with E-state index in [1.54, 1.807) is 0 Å². The van der Waals surface area contributed by atoms with Crippen molar-refractivity contribution >= 4 is 44.6 Å². The van der Waals surface area contributed by atoms with Crippen molar-refractivity contribution in [2.45, 2.75) is 78.6 Å². The van der Waals surface area contributed by atoms with E-state index in [0.717, 1.165) is 55.9 Å². The summed E-state index contributed by atoms with van der Waals surface area (Å²) in [7, 11) is 0. The van der Waals surface area contributed by atoms with Crippen LogP contribution in [0.4, 0.5) is 22.7 Å². The van der Waals surface area contributed by atoms with Crippen molar-refractivity contribution in [3.63, 3.8) is 0 Å². The van der Waals surface area contributed by atoms with Gasteiger partial charge in [0.25, 0.3) is 0 Å². The Morgan fingerprint density at radius 3 is 1.82 bits per heavy atom. The van der Waals surface area contributed by atoms with Crippen molar-refractivity contribution in [1.82, 2.24) is 9.55 Å². The standard InChI is InChI=1S/C60H55N4O.Pt/c1-40-31-55-56(32-41(40)2)63(39-62(55)47-24-18-23-44(33-47)58(3,4)5)48-34-46(60(8,9)43-21-14-11-15-22-43)35-50(37-48)65-49-27-28-52-51-25-16-17-26-53(51)64(54(52)38-49)57-36-45(29-30-61-57)59(6,7)42-19-12-10-13-20-42;/h10-36,39H,1-9H3;/q-3;. The number of hydrogen-bond acceptors (Lipinski definition) is 4. The van der Waals surface area contributed by atoms with Gasteiger partial charge in [-0.15, -0.1) is 53.6 Å². The average molecular weight is 1040 g/mol. The molecule has 0 N–H and O–H groups in total. The van der Waals surface area contributed by atoms with Crippen molar-refractivity contribution in [3.8, 4) is 17.3 Å². The van der Waals surface area contributed by atoms with Gasteiger partial charge >= 0.3 is 0 Å². The first-order valence-corrected chi connectivity index (χ1v) is 22.6. The Labute approximate surface area is 405 Å². The minimum Gasteiger partial charge on any atom is -0.509 e. The first kappa shape index (κ1) is 44.8. The Hall–Kier alpha value is -6.42. The summed E-state index contributed by atoms with van der Waals surface area (Å²) in [6.45, 7) is 22.5. The Bertz CT molecular complexity index is 3240. The topological polar surface area (TPSA) is 33.5 Å². The van der Waals surface area contributed by atoms with Crippen LogP contribution in [0.25, 0.3) is 27.6 Å². The first-order chi connectivity index (χ1) is 31.2. The Morgan fingerprint density at radius 2 is 1.14 bits per heavy atom. The fourth-order valence-corrected chi connectivity index (χ4v) is 9.27. The predicted molar refractivity (Wildman–Crippen MR) is 270 cm³/mol. The molecule has 0 atom stereocenters. The summed E-state index contributed by atoms with van der Waals surface area (Å²) in [5.41, 5.74) is 14.1. The Balaban J connectivity index is 0.00000548. The van der Waals surface area contributed by atoms with Crippen LogP contribution in [0.2, 0.25) is 0 Å². The number of aromatic nitrogens is 2. The van der Waals surface area contributed by atoms with E-state index in [-0.39, 0.29) is 37.3 Å². The molecule has 6 heteroatoms. The summed E-state index contributed by atoms with van der Waals surface area (Å²) in [6.07, 6.45) is 1.92. The van der Waals surface area contributed by atoms with Gasteiger partial charge in [0, 0.05) is 66.8 Å². The molecule has 0 saturated heterocycles. The molecule has 0 amide bonds. The molecule has 0 fully saturated rings. The summed E-state index contributed by atoms with van der Waals surface area (Å²) in [6, 6.07) is 63.8. The van der Waals surface area contributed by atoms with Crippen LogP contribution in [-0.4, -0.2) is 9.55 Å². The van der Waals surface area contributed by atoms with Gasteiger partial charge in [0.2, 0.25) is 0 Å². The van der Waals surface area contributed by atoms with E-state index in [4.69, 9.17) is 9.72 Å². The van der Waals surface area contributed by atoms with Crippen LogP contribution in [0.3, 0.4) is 0 Å². The molecular weight excluding hydrogens is 988 g/mol. The molecule has 3 heterocycles. The molecule has 0 radical (unpaired) electrons. The molecule has 0 unspecified atom stereocenters. The van der Waals surface area contributed by atoms with Crippen LogP contribution < -0.4 is 14.5 Å².